The number of halogens is 2. The number of nitrogens with zero attached hydrogens (tertiary/aromatic N) is 3. The summed E-state index contributed by atoms with van der Waals surface area (Å²) in [5.74, 6) is 0.674. The molecule has 0 saturated carbocycles. The highest BCUT2D eigenvalue weighted by atomic mass is 35.5. The van der Waals surface area contributed by atoms with Crippen molar-refractivity contribution in [2.75, 3.05) is 11.1 Å². The summed E-state index contributed by atoms with van der Waals surface area (Å²) in [5, 5.41) is 16.2. The van der Waals surface area contributed by atoms with Crippen LogP contribution in [0.1, 0.15) is 55.0 Å². The first-order valence-corrected chi connectivity index (χ1v) is 13.1. The van der Waals surface area contributed by atoms with Gasteiger partial charge in [-0.2, -0.15) is 0 Å². The SMILES string of the molecule is CCn1c(SCC(=O)Nc2cc(Cl)ccc2C)nnc1[C@H](CC(C)C)NC(=O)c1ccccc1Cl. The van der Waals surface area contributed by atoms with Crippen LogP contribution in [0.2, 0.25) is 10.0 Å². The Labute approximate surface area is 220 Å². The van der Waals surface area contributed by atoms with E-state index in [1.165, 1.54) is 11.8 Å². The highest BCUT2D eigenvalue weighted by molar-refractivity contribution is 7.99. The number of aromatic nitrogens is 3. The van der Waals surface area contributed by atoms with Crippen LogP contribution in [0, 0.1) is 12.8 Å². The summed E-state index contributed by atoms with van der Waals surface area (Å²) in [6.45, 7) is 8.65. The Morgan fingerprint density at radius 1 is 1.11 bits per heavy atom. The fourth-order valence-corrected chi connectivity index (χ4v) is 4.79. The summed E-state index contributed by atoms with van der Waals surface area (Å²) in [4.78, 5) is 25.5. The van der Waals surface area contributed by atoms with Crippen molar-refractivity contribution in [3.05, 3.63) is 69.5 Å². The third kappa shape index (κ3) is 7.22. The average Bonchev–Trinajstić information content (AvgIpc) is 3.22. The van der Waals surface area contributed by atoms with Crippen LogP contribution in [0.5, 0.6) is 0 Å². The van der Waals surface area contributed by atoms with E-state index in [1.807, 2.05) is 24.5 Å². The fourth-order valence-electron chi connectivity index (χ4n) is 3.59. The fraction of sp³-hybridized carbons (Fsp3) is 0.360. The van der Waals surface area contributed by atoms with Gasteiger partial charge in [0.25, 0.3) is 5.91 Å². The van der Waals surface area contributed by atoms with Gasteiger partial charge < -0.3 is 15.2 Å². The van der Waals surface area contributed by atoms with E-state index in [-0.39, 0.29) is 23.6 Å². The molecule has 186 valence electrons. The normalized spacial score (nSPS) is 12.0. The maximum absolute atomic E-state index is 13.0. The van der Waals surface area contributed by atoms with E-state index < -0.39 is 0 Å². The number of rotatable bonds is 10. The molecule has 0 aliphatic heterocycles. The van der Waals surface area contributed by atoms with E-state index >= 15 is 0 Å². The minimum atomic E-state index is -0.358. The number of thioether (sulfide) groups is 1. The van der Waals surface area contributed by atoms with Crippen LogP contribution in [0.3, 0.4) is 0 Å². The zero-order valence-electron chi connectivity index (χ0n) is 20.1. The number of carbonyl (C=O) groups excluding carboxylic acids is 2. The molecule has 0 fully saturated rings. The molecule has 2 aromatic carbocycles. The van der Waals surface area contributed by atoms with Crippen LogP contribution in [0.4, 0.5) is 5.69 Å². The van der Waals surface area contributed by atoms with Crippen LogP contribution >= 0.6 is 35.0 Å². The van der Waals surface area contributed by atoms with E-state index in [0.29, 0.717) is 51.2 Å². The molecule has 1 heterocycles. The first-order chi connectivity index (χ1) is 16.7. The molecule has 0 saturated heterocycles. The summed E-state index contributed by atoms with van der Waals surface area (Å²) >= 11 is 13.6. The topological polar surface area (TPSA) is 88.9 Å². The van der Waals surface area contributed by atoms with Gasteiger partial charge in [-0.3, -0.25) is 9.59 Å². The zero-order chi connectivity index (χ0) is 25.5. The number of carbonyl (C=O) groups is 2. The van der Waals surface area contributed by atoms with Gasteiger partial charge in [0.05, 0.1) is 22.4 Å². The Morgan fingerprint density at radius 3 is 2.54 bits per heavy atom. The third-order valence-corrected chi connectivity index (χ3v) is 6.84. The Bertz CT molecular complexity index is 1200. The molecular formula is C25H29Cl2N5O2S. The van der Waals surface area contributed by atoms with Gasteiger partial charge in [-0.1, -0.05) is 67.0 Å². The van der Waals surface area contributed by atoms with Crippen LogP contribution in [-0.2, 0) is 11.3 Å². The highest BCUT2D eigenvalue weighted by Gasteiger charge is 2.25. The van der Waals surface area contributed by atoms with Crippen LogP contribution < -0.4 is 10.6 Å². The Balaban J connectivity index is 1.75. The summed E-state index contributed by atoms with van der Waals surface area (Å²) in [5.41, 5.74) is 2.02. The van der Waals surface area contributed by atoms with Crippen molar-refractivity contribution >= 4 is 52.5 Å². The van der Waals surface area contributed by atoms with Crippen molar-refractivity contribution in [3.63, 3.8) is 0 Å². The molecule has 2 amide bonds. The van der Waals surface area contributed by atoms with E-state index in [4.69, 9.17) is 23.2 Å². The molecule has 0 aliphatic carbocycles. The molecule has 7 nitrogen and oxygen atoms in total. The number of hydrogen-bond acceptors (Lipinski definition) is 5. The summed E-state index contributed by atoms with van der Waals surface area (Å²) in [6.07, 6.45) is 0.674. The number of benzene rings is 2. The molecule has 1 aromatic heterocycles. The van der Waals surface area contributed by atoms with Gasteiger partial charge in [-0.15, -0.1) is 10.2 Å². The lowest BCUT2D eigenvalue weighted by Gasteiger charge is -2.21. The van der Waals surface area contributed by atoms with Gasteiger partial charge in [-0.05, 0) is 56.0 Å². The first-order valence-electron chi connectivity index (χ1n) is 11.4. The molecule has 0 radical (unpaired) electrons. The lowest BCUT2D eigenvalue weighted by Crippen LogP contribution is -2.31. The predicted molar refractivity (Wildman–Crippen MR) is 142 cm³/mol. The van der Waals surface area contributed by atoms with Crippen molar-refractivity contribution in [2.24, 2.45) is 5.92 Å². The van der Waals surface area contributed by atoms with Crippen molar-refractivity contribution in [2.45, 2.75) is 51.9 Å². The number of amides is 2. The molecule has 0 aliphatic rings. The van der Waals surface area contributed by atoms with E-state index in [1.54, 1.807) is 36.4 Å². The molecule has 0 spiro atoms. The van der Waals surface area contributed by atoms with Gasteiger partial charge in [0, 0.05) is 17.3 Å². The number of nitrogens with one attached hydrogen (secondary N) is 2. The lowest BCUT2D eigenvalue weighted by atomic mass is 10.0. The Kier molecular flexibility index (Phi) is 9.60. The Morgan fingerprint density at radius 2 is 1.86 bits per heavy atom. The van der Waals surface area contributed by atoms with E-state index in [2.05, 4.69) is 34.7 Å². The van der Waals surface area contributed by atoms with Gasteiger partial charge in [0.15, 0.2) is 11.0 Å². The van der Waals surface area contributed by atoms with Gasteiger partial charge in [0.2, 0.25) is 5.91 Å². The van der Waals surface area contributed by atoms with Crippen LogP contribution in [-0.4, -0.2) is 32.3 Å². The molecule has 3 aromatic rings. The van der Waals surface area contributed by atoms with Gasteiger partial charge >= 0.3 is 0 Å². The average molecular weight is 535 g/mol. The third-order valence-electron chi connectivity index (χ3n) is 5.31. The van der Waals surface area contributed by atoms with Crippen molar-refractivity contribution in [3.8, 4) is 0 Å². The molecule has 3 rings (SSSR count). The second-order valence-corrected chi connectivity index (χ2v) is 10.3. The van der Waals surface area contributed by atoms with Crippen LogP contribution in [0.15, 0.2) is 47.6 Å². The smallest absolute Gasteiger partial charge is 0.253 e. The standard InChI is InChI=1S/C25H29Cl2N5O2S/c1-5-32-23(21(12-15(2)3)29-24(34)18-8-6-7-9-19(18)27)30-31-25(32)35-14-22(33)28-20-13-17(26)11-10-16(20)4/h6-11,13,15,21H,5,12,14H2,1-4H3,(H,28,33)(H,29,34)/t21-/m0/s1. The summed E-state index contributed by atoms with van der Waals surface area (Å²) in [7, 11) is 0. The predicted octanol–water partition coefficient (Wildman–Crippen LogP) is 6.16. The monoisotopic (exact) mass is 533 g/mol. The van der Waals surface area contributed by atoms with Crippen molar-refractivity contribution in [1.29, 1.82) is 0 Å². The molecule has 0 bridgehead atoms. The number of hydrogen-bond donors (Lipinski definition) is 2. The second-order valence-electron chi connectivity index (χ2n) is 8.52. The minimum absolute atomic E-state index is 0.158. The molecule has 35 heavy (non-hydrogen) atoms. The quantitative estimate of drug-likeness (QED) is 0.304. The summed E-state index contributed by atoms with van der Waals surface area (Å²) in [6, 6.07) is 11.9. The number of aryl methyl sites for hydroxylation is 1. The molecule has 1 atom stereocenters. The largest absolute Gasteiger partial charge is 0.342 e. The second kappa shape index (κ2) is 12.4. The molecule has 2 N–H and O–H groups in total. The molecular weight excluding hydrogens is 505 g/mol. The minimum Gasteiger partial charge on any atom is -0.342 e. The maximum atomic E-state index is 13.0. The zero-order valence-corrected chi connectivity index (χ0v) is 22.5. The summed E-state index contributed by atoms with van der Waals surface area (Å²) < 4.78 is 1.93. The lowest BCUT2D eigenvalue weighted by molar-refractivity contribution is -0.113. The van der Waals surface area contributed by atoms with E-state index in [0.717, 1.165) is 5.56 Å². The van der Waals surface area contributed by atoms with Crippen molar-refractivity contribution < 1.29 is 9.59 Å². The number of anilines is 1. The van der Waals surface area contributed by atoms with E-state index in [9.17, 15) is 9.59 Å². The van der Waals surface area contributed by atoms with Gasteiger partial charge in [0.1, 0.15) is 0 Å². The highest BCUT2D eigenvalue weighted by Crippen LogP contribution is 2.27. The Hall–Kier alpha value is -2.55. The van der Waals surface area contributed by atoms with Crippen molar-refractivity contribution in [1.82, 2.24) is 20.1 Å². The van der Waals surface area contributed by atoms with Crippen LogP contribution in [0.25, 0.3) is 0 Å². The first kappa shape index (κ1) is 27.0. The maximum Gasteiger partial charge on any atom is 0.253 e. The van der Waals surface area contributed by atoms with Gasteiger partial charge in [-0.25, -0.2) is 0 Å². The molecule has 0 unspecified atom stereocenters. The molecule has 10 heteroatoms.